The van der Waals surface area contributed by atoms with Crippen molar-refractivity contribution < 1.29 is 0 Å². The topological polar surface area (TPSA) is 47.6 Å². The molecule has 17 heavy (non-hydrogen) atoms. The number of benzene rings is 1. The van der Waals surface area contributed by atoms with Crippen LogP contribution in [0.25, 0.3) is 0 Å². The molecule has 0 aromatic heterocycles. The van der Waals surface area contributed by atoms with Crippen LogP contribution in [0.2, 0.25) is 0 Å². The smallest absolute Gasteiger partial charge is 0.0923 e. The summed E-state index contributed by atoms with van der Waals surface area (Å²) < 4.78 is 0. The van der Waals surface area contributed by atoms with Gasteiger partial charge >= 0.3 is 0 Å². The highest BCUT2D eigenvalue weighted by Crippen LogP contribution is 2.29. The Labute approximate surface area is 104 Å². The van der Waals surface area contributed by atoms with Gasteiger partial charge in [-0.05, 0) is 23.5 Å². The van der Waals surface area contributed by atoms with Crippen LogP contribution >= 0.6 is 0 Å². The lowest BCUT2D eigenvalue weighted by molar-refractivity contribution is 0.586. The minimum absolute atomic E-state index is 0.108. The van der Waals surface area contributed by atoms with E-state index >= 15 is 0 Å². The molecule has 0 spiro atoms. The van der Waals surface area contributed by atoms with Gasteiger partial charge in [-0.25, -0.2) is 0 Å². The molecule has 0 saturated carbocycles. The SMILES string of the molecule is CC(C)(C)c1ccc(C(C)(C#N)CC#N)cc1. The third kappa shape index (κ3) is 2.86. The van der Waals surface area contributed by atoms with Crippen LogP contribution in [0.4, 0.5) is 0 Å². The first-order chi connectivity index (χ1) is 7.83. The zero-order valence-electron chi connectivity index (χ0n) is 10.9. The summed E-state index contributed by atoms with van der Waals surface area (Å²) in [5.41, 5.74) is 1.55. The Balaban J connectivity index is 3.12. The summed E-state index contributed by atoms with van der Waals surface area (Å²) in [6, 6.07) is 12.3. The molecule has 0 aliphatic rings. The molecule has 2 nitrogen and oxygen atoms in total. The van der Waals surface area contributed by atoms with Crippen LogP contribution in [0.1, 0.15) is 45.2 Å². The van der Waals surface area contributed by atoms with Crippen LogP contribution in [0, 0.1) is 22.7 Å². The monoisotopic (exact) mass is 226 g/mol. The van der Waals surface area contributed by atoms with Crippen molar-refractivity contribution in [3.8, 4) is 12.1 Å². The fourth-order valence-electron chi connectivity index (χ4n) is 1.70. The van der Waals surface area contributed by atoms with Crippen LogP contribution < -0.4 is 0 Å². The van der Waals surface area contributed by atoms with Gasteiger partial charge in [0, 0.05) is 0 Å². The van der Waals surface area contributed by atoms with Crippen molar-refractivity contribution in [2.24, 2.45) is 0 Å². The molecule has 1 aromatic rings. The predicted molar refractivity (Wildman–Crippen MR) is 68.3 cm³/mol. The minimum atomic E-state index is -0.703. The standard InChI is InChI=1S/C15H18N2/c1-14(2,3)12-5-7-13(8-6-12)15(4,11-17)9-10-16/h5-8H,9H2,1-4H3. The van der Waals surface area contributed by atoms with Crippen molar-refractivity contribution in [2.45, 2.75) is 44.9 Å². The summed E-state index contributed by atoms with van der Waals surface area (Å²) in [7, 11) is 0. The van der Waals surface area contributed by atoms with E-state index in [9.17, 15) is 5.26 Å². The highest BCUT2D eigenvalue weighted by atomic mass is 14.4. The molecule has 0 aliphatic carbocycles. The predicted octanol–water partition coefficient (Wildman–Crippen LogP) is 3.68. The molecule has 1 rings (SSSR count). The van der Waals surface area contributed by atoms with Crippen LogP contribution in [-0.4, -0.2) is 0 Å². The Bertz CT molecular complexity index is 466. The van der Waals surface area contributed by atoms with E-state index in [0.29, 0.717) is 0 Å². The molecule has 0 N–H and O–H groups in total. The van der Waals surface area contributed by atoms with E-state index in [-0.39, 0.29) is 11.8 Å². The van der Waals surface area contributed by atoms with Gasteiger partial charge in [-0.1, -0.05) is 45.0 Å². The summed E-state index contributed by atoms with van der Waals surface area (Å²) in [6.45, 7) is 8.27. The normalized spacial score (nSPS) is 14.5. The van der Waals surface area contributed by atoms with Gasteiger partial charge in [0.2, 0.25) is 0 Å². The number of rotatable bonds is 2. The van der Waals surface area contributed by atoms with Crippen molar-refractivity contribution >= 4 is 0 Å². The fraction of sp³-hybridized carbons (Fsp3) is 0.467. The molecular formula is C15H18N2. The van der Waals surface area contributed by atoms with E-state index in [2.05, 4.69) is 32.9 Å². The highest BCUT2D eigenvalue weighted by Gasteiger charge is 2.26. The number of hydrogen-bond acceptors (Lipinski definition) is 2. The largest absolute Gasteiger partial charge is 0.198 e. The summed E-state index contributed by atoms with van der Waals surface area (Å²) in [6.07, 6.45) is 0.221. The third-order valence-electron chi connectivity index (χ3n) is 3.07. The Morgan fingerprint density at radius 1 is 0.941 bits per heavy atom. The second-order valence-corrected chi connectivity index (χ2v) is 5.61. The van der Waals surface area contributed by atoms with Crippen molar-refractivity contribution in [1.82, 2.24) is 0 Å². The first-order valence-corrected chi connectivity index (χ1v) is 5.73. The molecule has 1 unspecified atom stereocenters. The van der Waals surface area contributed by atoms with Gasteiger partial charge in [0.1, 0.15) is 0 Å². The van der Waals surface area contributed by atoms with Crippen molar-refractivity contribution in [3.63, 3.8) is 0 Å². The average molecular weight is 226 g/mol. The summed E-state index contributed by atoms with van der Waals surface area (Å²) in [5, 5.41) is 18.0. The van der Waals surface area contributed by atoms with Gasteiger partial charge in [-0.2, -0.15) is 10.5 Å². The molecule has 0 heterocycles. The number of nitriles is 2. The molecule has 2 heteroatoms. The van der Waals surface area contributed by atoms with E-state index in [0.717, 1.165) is 5.56 Å². The third-order valence-corrected chi connectivity index (χ3v) is 3.07. The van der Waals surface area contributed by atoms with Gasteiger partial charge in [0.25, 0.3) is 0 Å². The second kappa shape index (κ2) is 4.60. The molecule has 0 bridgehead atoms. The maximum atomic E-state index is 9.20. The molecule has 1 aromatic carbocycles. The zero-order valence-corrected chi connectivity index (χ0v) is 10.9. The van der Waals surface area contributed by atoms with Gasteiger partial charge in [0.15, 0.2) is 0 Å². The summed E-state index contributed by atoms with van der Waals surface area (Å²) >= 11 is 0. The molecule has 0 radical (unpaired) electrons. The van der Waals surface area contributed by atoms with E-state index in [1.165, 1.54) is 5.56 Å². The summed E-state index contributed by atoms with van der Waals surface area (Å²) in [4.78, 5) is 0. The zero-order chi connectivity index (χ0) is 13.1. The van der Waals surface area contributed by atoms with Crippen molar-refractivity contribution in [1.29, 1.82) is 10.5 Å². The Hall–Kier alpha value is -1.80. The average Bonchev–Trinajstić information content (AvgIpc) is 2.28. The van der Waals surface area contributed by atoms with Gasteiger partial charge < -0.3 is 0 Å². The maximum Gasteiger partial charge on any atom is 0.0923 e. The van der Waals surface area contributed by atoms with E-state index in [1.807, 2.05) is 31.2 Å². The molecule has 0 fully saturated rings. The Morgan fingerprint density at radius 2 is 1.41 bits per heavy atom. The number of hydrogen-bond donors (Lipinski definition) is 0. The Morgan fingerprint density at radius 3 is 1.76 bits per heavy atom. The Kier molecular flexibility index (Phi) is 3.59. The van der Waals surface area contributed by atoms with Crippen LogP contribution in [0.15, 0.2) is 24.3 Å². The lowest BCUT2D eigenvalue weighted by atomic mass is 9.79. The highest BCUT2D eigenvalue weighted by molar-refractivity contribution is 5.36. The van der Waals surface area contributed by atoms with E-state index in [1.54, 1.807) is 0 Å². The first-order valence-electron chi connectivity index (χ1n) is 5.73. The van der Waals surface area contributed by atoms with Gasteiger partial charge in [0.05, 0.1) is 24.0 Å². The van der Waals surface area contributed by atoms with Crippen LogP contribution in [0.5, 0.6) is 0 Å². The van der Waals surface area contributed by atoms with E-state index in [4.69, 9.17) is 5.26 Å². The maximum absolute atomic E-state index is 9.20. The molecule has 0 aliphatic heterocycles. The second-order valence-electron chi connectivity index (χ2n) is 5.61. The van der Waals surface area contributed by atoms with Gasteiger partial charge in [-0.15, -0.1) is 0 Å². The quantitative estimate of drug-likeness (QED) is 0.772. The number of nitrogens with zero attached hydrogens (tertiary/aromatic N) is 2. The fourth-order valence-corrected chi connectivity index (χ4v) is 1.70. The summed E-state index contributed by atoms with van der Waals surface area (Å²) in [5.74, 6) is 0. The molecular weight excluding hydrogens is 208 g/mol. The van der Waals surface area contributed by atoms with Gasteiger partial charge in [-0.3, -0.25) is 0 Å². The lowest BCUT2D eigenvalue weighted by Gasteiger charge is -2.22. The lowest BCUT2D eigenvalue weighted by Crippen LogP contribution is -2.19. The molecule has 88 valence electrons. The first kappa shape index (κ1) is 13.3. The molecule has 1 atom stereocenters. The minimum Gasteiger partial charge on any atom is -0.198 e. The molecule has 0 amide bonds. The molecule has 0 saturated heterocycles. The van der Waals surface area contributed by atoms with Crippen molar-refractivity contribution in [2.75, 3.05) is 0 Å². The van der Waals surface area contributed by atoms with Crippen molar-refractivity contribution in [3.05, 3.63) is 35.4 Å². The van der Waals surface area contributed by atoms with E-state index < -0.39 is 5.41 Å². The van der Waals surface area contributed by atoms with Crippen LogP contribution in [0.3, 0.4) is 0 Å². The van der Waals surface area contributed by atoms with Crippen LogP contribution in [-0.2, 0) is 10.8 Å².